The van der Waals surface area contributed by atoms with Gasteiger partial charge >= 0.3 is 0 Å². The summed E-state index contributed by atoms with van der Waals surface area (Å²) in [6.45, 7) is 0.531. The van der Waals surface area contributed by atoms with Crippen molar-refractivity contribution in [3.63, 3.8) is 0 Å². The van der Waals surface area contributed by atoms with Crippen molar-refractivity contribution < 1.29 is 9.47 Å². The number of rotatable bonds is 5. The normalized spacial score (nSPS) is 10.6. The first-order valence-corrected chi connectivity index (χ1v) is 7.32. The summed E-state index contributed by atoms with van der Waals surface area (Å²) < 4.78 is 11.8. The topological polar surface area (TPSA) is 56.3 Å². The minimum absolute atomic E-state index is 0.519. The zero-order valence-corrected chi connectivity index (χ0v) is 12.6. The first kappa shape index (κ1) is 13.6. The van der Waals surface area contributed by atoms with Gasteiger partial charge in [-0.15, -0.1) is 11.3 Å². The van der Waals surface area contributed by atoms with Crippen LogP contribution < -0.4 is 14.8 Å². The highest BCUT2D eigenvalue weighted by molar-refractivity contribution is 7.17. The van der Waals surface area contributed by atoms with Crippen LogP contribution in [-0.2, 0) is 6.54 Å². The van der Waals surface area contributed by atoms with Gasteiger partial charge in [0.1, 0.15) is 6.33 Å². The Kier molecular flexibility index (Phi) is 3.87. The molecule has 0 bridgehead atoms. The molecule has 0 amide bonds. The number of ether oxygens (including phenoxy) is 2. The average Bonchev–Trinajstić information content (AvgIpc) is 3.00. The highest BCUT2D eigenvalue weighted by atomic mass is 32.1. The number of aromatic nitrogens is 2. The van der Waals surface area contributed by atoms with E-state index in [1.165, 1.54) is 16.4 Å². The van der Waals surface area contributed by atoms with Crippen molar-refractivity contribution in [2.45, 2.75) is 6.54 Å². The van der Waals surface area contributed by atoms with Crippen molar-refractivity contribution in [3.05, 3.63) is 41.5 Å². The molecule has 0 saturated carbocycles. The Morgan fingerprint density at radius 1 is 1.10 bits per heavy atom. The van der Waals surface area contributed by atoms with Crippen LogP contribution in [0.5, 0.6) is 11.8 Å². The number of nitrogens with zero attached hydrogens (tertiary/aromatic N) is 2. The van der Waals surface area contributed by atoms with E-state index in [1.807, 2.05) is 0 Å². The largest absolute Gasteiger partial charge is 0.481 e. The Morgan fingerprint density at radius 2 is 1.86 bits per heavy atom. The Labute approximate surface area is 126 Å². The summed E-state index contributed by atoms with van der Waals surface area (Å²) in [5.41, 5.74) is 1.83. The molecule has 2 aromatic heterocycles. The molecule has 1 N–H and O–H groups in total. The maximum Gasteiger partial charge on any atom is 0.225 e. The summed E-state index contributed by atoms with van der Waals surface area (Å²) in [6.07, 6.45) is 1.43. The van der Waals surface area contributed by atoms with Crippen molar-refractivity contribution in [2.24, 2.45) is 0 Å². The third kappa shape index (κ3) is 2.75. The smallest absolute Gasteiger partial charge is 0.225 e. The third-order valence-electron chi connectivity index (χ3n) is 3.17. The second-order valence-electron chi connectivity index (χ2n) is 4.40. The first-order chi connectivity index (χ1) is 10.3. The van der Waals surface area contributed by atoms with E-state index in [0.29, 0.717) is 18.3 Å². The van der Waals surface area contributed by atoms with E-state index in [4.69, 9.17) is 9.47 Å². The monoisotopic (exact) mass is 301 g/mol. The second-order valence-corrected chi connectivity index (χ2v) is 5.35. The molecule has 0 saturated heterocycles. The van der Waals surface area contributed by atoms with Gasteiger partial charge in [0, 0.05) is 10.4 Å². The fourth-order valence-corrected chi connectivity index (χ4v) is 2.92. The van der Waals surface area contributed by atoms with Gasteiger partial charge in [0.15, 0.2) is 0 Å². The maximum atomic E-state index is 5.26. The molecule has 3 rings (SSSR count). The number of nitrogens with one attached hydrogen (secondary N) is 1. The Bertz CT molecular complexity index is 735. The minimum Gasteiger partial charge on any atom is -0.481 e. The number of benzene rings is 1. The molecule has 0 aliphatic rings. The summed E-state index contributed by atoms with van der Waals surface area (Å²) in [4.78, 5) is 8.22. The number of methoxy groups -OCH3 is 2. The lowest BCUT2D eigenvalue weighted by Crippen LogP contribution is -2.06. The molecule has 0 spiro atoms. The highest BCUT2D eigenvalue weighted by Crippen LogP contribution is 2.27. The summed E-state index contributed by atoms with van der Waals surface area (Å²) >= 11 is 1.73. The van der Waals surface area contributed by atoms with Crippen LogP contribution in [0.2, 0.25) is 0 Å². The first-order valence-electron chi connectivity index (χ1n) is 6.45. The van der Waals surface area contributed by atoms with Crippen molar-refractivity contribution in [2.75, 3.05) is 19.5 Å². The fraction of sp³-hybridized carbons (Fsp3) is 0.200. The molecular formula is C15H15N3O2S. The fourth-order valence-electron chi connectivity index (χ4n) is 2.15. The van der Waals surface area contributed by atoms with Crippen molar-refractivity contribution >= 4 is 27.1 Å². The van der Waals surface area contributed by atoms with Gasteiger partial charge in [-0.25, -0.2) is 9.97 Å². The number of thiophene rings is 1. The second kappa shape index (κ2) is 5.97. The predicted molar refractivity (Wildman–Crippen MR) is 84.3 cm³/mol. The van der Waals surface area contributed by atoms with Crippen LogP contribution >= 0.6 is 11.3 Å². The molecule has 3 aromatic rings. The minimum atomic E-state index is 0.519. The number of fused-ring (bicyclic) bond motifs is 1. The van der Waals surface area contributed by atoms with Gasteiger partial charge in [-0.2, -0.15) is 0 Å². The van der Waals surface area contributed by atoms with Crippen LogP contribution in [0.25, 0.3) is 10.1 Å². The Balaban J connectivity index is 1.83. The van der Waals surface area contributed by atoms with E-state index in [-0.39, 0.29) is 0 Å². The van der Waals surface area contributed by atoms with Gasteiger partial charge in [-0.05, 0) is 35.0 Å². The summed E-state index contributed by atoms with van der Waals surface area (Å²) in [6, 6.07) is 8.40. The van der Waals surface area contributed by atoms with E-state index in [2.05, 4.69) is 44.9 Å². The lowest BCUT2D eigenvalue weighted by Gasteiger charge is -2.12. The van der Waals surface area contributed by atoms with Gasteiger partial charge < -0.3 is 14.8 Å². The Morgan fingerprint density at radius 3 is 2.57 bits per heavy atom. The van der Waals surface area contributed by atoms with Crippen molar-refractivity contribution in [1.82, 2.24) is 9.97 Å². The molecule has 0 unspecified atom stereocenters. The zero-order valence-electron chi connectivity index (χ0n) is 11.8. The van der Waals surface area contributed by atoms with Crippen LogP contribution in [0.4, 0.5) is 5.69 Å². The van der Waals surface area contributed by atoms with Gasteiger partial charge in [-0.1, -0.05) is 0 Å². The molecule has 108 valence electrons. The highest BCUT2D eigenvalue weighted by Gasteiger charge is 2.12. The standard InChI is InChI=1S/C15H15N3O2S/c1-19-14-12(15(20-2)18-9-17-14)8-16-11-3-4-13-10(7-11)5-6-21-13/h3-7,9,16H,8H2,1-2H3. The maximum absolute atomic E-state index is 5.26. The summed E-state index contributed by atoms with van der Waals surface area (Å²) in [5.74, 6) is 1.04. The van der Waals surface area contributed by atoms with E-state index < -0.39 is 0 Å². The molecule has 2 heterocycles. The third-order valence-corrected chi connectivity index (χ3v) is 4.07. The van der Waals surface area contributed by atoms with Crippen LogP contribution in [0.15, 0.2) is 36.0 Å². The van der Waals surface area contributed by atoms with E-state index in [9.17, 15) is 0 Å². The zero-order chi connectivity index (χ0) is 14.7. The number of hydrogen-bond acceptors (Lipinski definition) is 6. The van der Waals surface area contributed by atoms with Crippen LogP contribution in [0.3, 0.4) is 0 Å². The quantitative estimate of drug-likeness (QED) is 0.783. The van der Waals surface area contributed by atoms with Crippen molar-refractivity contribution in [1.29, 1.82) is 0 Å². The average molecular weight is 301 g/mol. The molecule has 0 aliphatic heterocycles. The number of anilines is 1. The molecule has 0 aliphatic carbocycles. The lowest BCUT2D eigenvalue weighted by atomic mass is 10.2. The van der Waals surface area contributed by atoms with E-state index >= 15 is 0 Å². The van der Waals surface area contributed by atoms with Crippen LogP contribution in [-0.4, -0.2) is 24.2 Å². The summed E-state index contributed by atoms with van der Waals surface area (Å²) in [5, 5.41) is 6.68. The van der Waals surface area contributed by atoms with Gasteiger partial charge in [0.05, 0.1) is 26.3 Å². The molecule has 1 aromatic carbocycles. The van der Waals surface area contributed by atoms with Crippen LogP contribution in [0, 0.1) is 0 Å². The summed E-state index contributed by atoms with van der Waals surface area (Å²) in [7, 11) is 3.17. The molecule has 0 radical (unpaired) electrons. The molecule has 0 atom stereocenters. The lowest BCUT2D eigenvalue weighted by molar-refractivity contribution is 0.363. The Hall–Kier alpha value is -2.34. The van der Waals surface area contributed by atoms with Crippen molar-refractivity contribution in [3.8, 4) is 11.8 Å². The molecule has 0 fully saturated rings. The van der Waals surface area contributed by atoms with E-state index in [0.717, 1.165) is 11.3 Å². The molecule has 6 heteroatoms. The molecule has 21 heavy (non-hydrogen) atoms. The van der Waals surface area contributed by atoms with E-state index in [1.54, 1.807) is 25.6 Å². The van der Waals surface area contributed by atoms with Gasteiger partial charge in [0.25, 0.3) is 0 Å². The van der Waals surface area contributed by atoms with Crippen LogP contribution in [0.1, 0.15) is 5.56 Å². The molecule has 5 nitrogen and oxygen atoms in total. The van der Waals surface area contributed by atoms with Gasteiger partial charge in [-0.3, -0.25) is 0 Å². The molecular weight excluding hydrogens is 286 g/mol. The SMILES string of the molecule is COc1ncnc(OC)c1CNc1ccc2sccc2c1. The van der Waals surface area contributed by atoms with Gasteiger partial charge in [0.2, 0.25) is 11.8 Å². The number of hydrogen-bond donors (Lipinski definition) is 1. The predicted octanol–water partition coefficient (Wildman–Crippen LogP) is 3.32.